The number of rotatable bonds is 8. The van der Waals surface area contributed by atoms with Crippen LogP contribution in [-0.4, -0.2) is 43.3 Å². The third-order valence-corrected chi connectivity index (χ3v) is 4.89. The van der Waals surface area contributed by atoms with Gasteiger partial charge in [-0.25, -0.2) is 0 Å². The van der Waals surface area contributed by atoms with E-state index >= 15 is 0 Å². The molecule has 1 aromatic heterocycles. The normalized spacial score (nSPS) is 18.6. The van der Waals surface area contributed by atoms with Crippen LogP contribution in [0.2, 0.25) is 0 Å². The first-order chi connectivity index (χ1) is 13.3. The van der Waals surface area contributed by atoms with E-state index in [1.165, 1.54) is 0 Å². The van der Waals surface area contributed by atoms with Crippen molar-refractivity contribution in [2.24, 2.45) is 0 Å². The van der Waals surface area contributed by atoms with Gasteiger partial charge in [0, 0.05) is 12.6 Å². The first-order valence-electron chi connectivity index (χ1n) is 9.36. The van der Waals surface area contributed by atoms with Gasteiger partial charge in [0.25, 0.3) is 0 Å². The minimum Gasteiger partial charge on any atom is -0.493 e. The molecule has 4 rings (SSSR count). The van der Waals surface area contributed by atoms with E-state index in [1.807, 2.05) is 30.3 Å². The van der Waals surface area contributed by atoms with Gasteiger partial charge in [0.1, 0.15) is 11.5 Å². The maximum atomic E-state index is 12.5. The van der Waals surface area contributed by atoms with Gasteiger partial charge in [-0.05, 0) is 50.1 Å². The fourth-order valence-electron chi connectivity index (χ4n) is 3.52. The quantitative estimate of drug-likeness (QED) is 0.718. The Morgan fingerprint density at radius 2 is 2.19 bits per heavy atom. The summed E-state index contributed by atoms with van der Waals surface area (Å²) < 4.78 is 21.7. The van der Waals surface area contributed by atoms with Gasteiger partial charge >= 0.3 is 0 Å². The summed E-state index contributed by atoms with van der Waals surface area (Å²) in [4.78, 5) is 14.7. The molecule has 0 spiro atoms. The summed E-state index contributed by atoms with van der Waals surface area (Å²) in [5, 5.41) is 2.97. The molecule has 0 bridgehead atoms. The van der Waals surface area contributed by atoms with E-state index in [-0.39, 0.29) is 18.7 Å². The summed E-state index contributed by atoms with van der Waals surface area (Å²) in [7, 11) is 0. The Bertz CT molecular complexity index is 762. The number of carbonyl (C=O) groups is 1. The molecular weight excluding hydrogens is 348 g/mol. The number of benzene rings is 1. The third kappa shape index (κ3) is 4.36. The number of nitrogens with zero attached hydrogens (tertiary/aromatic N) is 1. The maximum absolute atomic E-state index is 12.5. The maximum Gasteiger partial charge on any atom is 0.237 e. The highest BCUT2D eigenvalue weighted by Crippen LogP contribution is 2.35. The second-order valence-corrected chi connectivity index (χ2v) is 6.71. The molecule has 1 fully saturated rings. The van der Waals surface area contributed by atoms with Crippen molar-refractivity contribution in [1.82, 2.24) is 10.2 Å². The van der Waals surface area contributed by atoms with Gasteiger partial charge in [-0.1, -0.05) is 0 Å². The van der Waals surface area contributed by atoms with Crippen LogP contribution in [-0.2, 0) is 11.3 Å². The number of ether oxygens (including phenoxy) is 3. The molecule has 1 saturated heterocycles. The van der Waals surface area contributed by atoms with E-state index in [4.69, 9.17) is 18.6 Å². The molecule has 1 atom stereocenters. The fraction of sp³-hybridized carbons (Fsp3) is 0.450. The molecule has 7 nitrogen and oxygen atoms in total. The number of fused-ring (bicyclic) bond motifs is 1. The number of amides is 1. The molecule has 27 heavy (non-hydrogen) atoms. The Morgan fingerprint density at radius 1 is 1.26 bits per heavy atom. The smallest absolute Gasteiger partial charge is 0.237 e. The summed E-state index contributed by atoms with van der Waals surface area (Å²) in [5.74, 6) is 3.09. The van der Waals surface area contributed by atoms with Crippen molar-refractivity contribution < 1.29 is 23.4 Å². The van der Waals surface area contributed by atoms with Gasteiger partial charge in [0.05, 0.1) is 25.5 Å². The van der Waals surface area contributed by atoms with Gasteiger partial charge in [0.15, 0.2) is 11.5 Å². The summed E-state index contributed by atoms with van der Waals surface area (Å²) in [6.45, 7) is 3.07. The largest absolute Gasteiger partial charge is 0.493 e. The van der Waals surface area contributed by atoms with E-state index in [1.54, 1.807) is 6.26 Å². The highest BCUT2D eigenvalue weighted by Gasteiger charge is 2.30. The van der Waals surface area contributed by atoms with Crippen molar-refractivity contribution >= 4 is 5.91 Å². The first kappa shape index (κ1) is 17.7. The summed E-state index contributed by atoms with van der Waals surface area (Å²) in [6.07, 6.45) is 4.41. The lowest BCUT2D eigenvalue weighted by Gasteiger charge is -2.23. The number of likely N-dealkylation sites (tertiary alicyclic amines) is 1. The zero-order valence-corrected chi connectivity index (χ0v) is 15.2. The number of nitrogens with one attached hydrogen (secondary N) is 1. The average molecular weight is 372 g/mol. The van der Waals surface area contributed by atoms with Crippen LogP contribution in [0.5, 0.6) is 17.2 Å². The van der Waals surface area contributed by atoms with Crippen LogP contribution in [0.15, 0.2) is 41.0 Å². The summed E-state index contributed by atoms with van der Waals surface area (Å²) in [5.41, 5.74) is 0. The Labute approximate surface area is 158 Å². The molecule has 7 heteroatoms. The van der Waals surface area contributed by atoms with Gasteiger partial charge in [-0.3, -0.25) is 9.69 Å². The van der Waals surface area contributed by atoms with Gasteiger partial charge < -0.3 is 23.9 Å². The van der Waals surface area contributed by atoms with Crippen molar-refractivity contribution in [3.8, 4) is 17.2 Å². The van der Waals surface area contributed by atoms with E-state index in [2.05, 4.69) is 10.2 Å². The van der Waals surface area contributed by atoms with Crippen LogP contribution in [0.25, 0.3) is 0 Å². The highest BCUT2D eigenvalue weighted by molar-refractivity contribution is 5.81. The van der Waals surface area contributed by atoms with Crippen molar-refractivity contribution in [2.45, 2.75) is 31.8 Å². The topological polar surface area (TPSA) is 73.2 Å². The lowest BCUT2D eigenvalue weighted by atomic mass is 10.2. The molecule has 0 radical (unpaired) electrons. The molecule has 2 aromatic rings. The molecular formula is C20H24N2O5. The van der Waals surface area contributed by atoms with Gasteiger partial charge in [-0.2, -0.15) is 0 Å². The van der Waals surface area contributed by atoms with Crippen LogP contribution in [0.1, 0.15) is 25.0 Å². The van der Waals surface area contributed by atoms with Crippen LogP contribution in [0.4, 0.5) is 0 Å². The SMILES string of the molecule is O=C(NCc1ccco1)C1CCCN1CCCOc1ccc2c(c1)OCO2. The fourth-order valence-corrected chi connectivity index (χ4v) is 3.52. The second-order valence-electron chi connectivity index (χ2n) is 6.71. The van der Waals surface area contributed by atoms with Gasteiger partial charge in [-0.15, -0.1) is 0 Å². The van der Waals surface area contributed by atoms with E-state index in [9.17, 15) is 4.79 Å². The first-order valence-corrected chi connectivity index (χ1v) is 9.36. The highest BCUT2D eigenvalue weighted by atomic mass is 16.7. The molecule has 3 heterocycles. The minimum absolute atomic E-state index is 0.0643. The van der Waals surface area contributed by atoms with Crippen LogP contribution in [0, 0.1) is 0 Å². The lowest BCUT2D eigenvalue weighted by molar-refractivity contribution is -0.125. The number of hydrogen-bond acceptors (Lipinski definition) is 6. The Hall–Kier alpha value is -2.67. The van der Waals surface area contributed by atoms with Crippen LogP contribution in [0.3, 0.4) is 0 Å². The minimum atomic E-state index is -0.0643. The molecule has 0 saturated carbocycles. The third-order valence-electron chi connectivity index (χ3n) is 4.89. The van der Waals surface area contributed by atoms with Crippen molar-refractivity contribution in [3.63, 3.8) is 0 Å². The van der Waals surface area contributed by atoms with E-state index in [0.717, 1.165) is 55.4 Å². The zero-order chi connectivity index (χ0) is 18.5. The van der Waals surface area contributed by atoms with E-state index in [0.29, 0.717) is 13.2 Å². The molecule has 1 N–H and O–H groups in total. The lowest BCUT2D eigenvalue weighted by Crippen LogP contribution is -2.43. The predicted molar refractivity (Wildman–Crippen MR) is 97.8 cm³/mol. The Balaban J connectivity index is 1.20. The van der Waals surface area contributed by atoms with Crippen LogP contribution >= 0.6 is 0 Å². The molecule has 2 aliphatic rings. The Kier molecular flexibility index (Phi) is 5.48. The zero-order valence-electron chi connectivity index (χ0n) is 15.2. The van der Waals surface area contributed by atoms with Crippen molar-refractivity contribution in [1.29, 1.82) is 0 Å². The standard InChI is InChI=1S/C20H24N2O5/c23-20(21-13-16-4-2-10-25-16)17-5-1-8-22(17)9-3-11-24-15-6-7-18-19(12-15)27-14-26-18/h2,4,6-7,10,12,17H,1,3,5,8-9,11,13-14H2,(H,21,23). The molecule has 2 aliphatic heterocycles. The number of carbonyl (C=O) groups excluding carboxylic acids is 1. The summed E-state index contributed by atoms with van der Waals surface area (Å²) in [6, 6.07) is 9.21. The van der Waals surface area contributed by atoms with Crippen LogP contribution < -0.4 is 19.5 Å². The van der Waals surface area contributed by atoms with Crippen molar-refractivity contribution in [2.75, 3.05) is 26.5 Å². The molecule has 1 unspecified atom stereocenters. The van der Waals surface area contributed by atoms with E-state index < -0.39 is 0 Å². The monoisotopic (exact) mass is 372 g/mol. The second kappa shape index (κ2) is 8.35. The molecule has 1 amide bonds. The Morgan fingerprint density at radius 3 is 3.07 bits per heavy atom. The number of furan rings is 1. The average Bonchev–Trinajstić information content (AvgIpc) is 3.44. The molecule has 1 aromatic carbocycles. The summed E-state index contributed by atoms with van der Waals surface area (Å²) >= 11 is 0. The van der Waals surface area contributed by atoms with Gasteiger partial charge in [0.2, 0.25) is 12.7 Å². The predicted octanol–water partition coefficient (Wildman–Crippen LogP) is 2.56. The van der Waals surface area contributed by atoms with Crippen molar-refractivity contribution in [3.05, 3.63) is 42.4 Å². The molecule has 144 valence electrons. The number of hydrogen-bond donors (Lipinski definition) is 1. The molecule has 0 aliphatic carbocycles.